The molecule has 0 bridgehead atoms. The van der Waals surface area contributed by atoms with Crippen molar-refractivity contribution in [1.82, 2.24) is 0 Å². The molecular formula is C12H20. The van der Waals surface area contributed by atoms with Crippen molar-refractivity contribution in [2.45, 2.75) is 41.0 Å². The number of allylic oxidation sites excluding steroid dienone is 5. The number of rotatable bonds is 3. The van der Waals surface area contributed by atoms with E-state index >= 15 is 0 Å². The SMILES string of the molecule is C=C(CC)/C(=C\C)C(C)=C(C)C. The lowest BCUT2D eigenvalue weighted by molar-refractivity contribution is 1.10. The average Bonchev–Trinajstić information content (AvgIpc) is 2.05. The van der Waals surface area contributed by atoms with Crippen molar-refractivity contribution in [3.8, 4) is 0 Å². The lowest BCUT2D eigenvalue weighted by atomic mass is 9.95. The Labute approximate surface area is 76.7 Å². The van der Waals surface area contributed by atoms with E-state index in [0.717, 1.165) is 6.42 Å². The first kappa shape index (κ1) is 11.2. The van der Waals surface area contributed by atoms with Gasteiger partial charge in [-0.3, -0.25) is 0 Å². The second-order valence-corrected chi connectivity index (χ2v) is 3.28. The van der Waals surface area contributed by atoms with Crippen LogP contribution in [-0.4, -0.2) is 0 Å². The normalized spacial score (nSPS) is 11.2. The third-order valence-electron chi connectivity index (χ3n) is 2.25. The maximum atomic E-state index is 4.05. The maximum absolute atomic E-state index is 4.05. The zero-order valence-corrected chi connectivity index (χ0v) is 8.99. The van der Waals surface area contributed by atoms with Crippen LogP contribution in [0.25, 0.3) is 0 Å². The van der Waals surface area contributed by atoms with Crippen LogP contribution < -0.4 is 0 Å². The van der Waals surface area contributed by atoms with Crippen LogP contribution in [0.5, 0.6) is 0 Å². The Kier molecular flexibility index (Phi) is 4.65. The van der Waals surface area contributed by atoms with Crippen LogP contribution in [-0.2, 0) is 0 Å². The highest BCUT2D eigenvalue weighted by atomic mass is 14.1. The first-order valence-electron chi connectivity index (χ1n) is 4.53. The van der Waals surface area contributed by atoms with Gasteiger partial charge in [-0.15, -0.1) is 0 Å². The van der Waals surface area contributed by atoms with E-state index in [1.54, 1.807) is 0 Å². The fourth-order valence-corrected chi connectivity index (χ4v) is 1.15. The van der Waals surface area contributed by atoms with Crippen molar-refractivity contribution in [1.29, 1.82) is 0 Å². The van der Waals surface area contributed by atoms with Gasteiger partial charge >= 0.3 is 0 Å². The zero-order chi connectivity index (χ0) is 9.72. The molecule has 0 saturated carbocycles. The quantitative estimate of drug-likeness (QED) is 0.547. The number of hydrogen-bond donors (Lipinski definition) is 0. The van der Waals surface area contributed by atoms with Gasteiger partial charge in [0.2, 0.25) is 0 Å². The standard InChI is InChI=1S/C12H20/c1-7-10(5)12(8-2)11(6)9(3)4/h8H,5,7H2,1-4,6H3/b12-8+. The van der Waals surface area contributed by atoms with Crippen molar-refractivity contribution in [3.05, 3.63) is 34.9 Å². The summed E-state index contributed by atoms with van der Waals surface area (Å²) in [7, 11) is 0. The molecule has 0 aliphatic heterocycles. The molecule has 0 aromatic carbocycles. The van der Waals surface area contributed by atoms with Crippen LogP contribution >= 0.6 is 0 Å². The minimum absolute atomic E-state index is 1.03. The fraction of sp³-hybridized carbons (Fsp3) is 0.500. The molecule has 12 heavy (non-hydrogen) atoms. The van der Waals surface area contributed by atoms with E-state index in [9.17, 15) is 0 Å². The molecule has 0 unspecified atom stereocenters. The van der Waals surface area contributed by atoms with Gasteiger partial charge in [-0.2, -0.15) is 0 Å². The van der Waals surface area contributed by atoms with Crippen molar-refractivity contribution in [2.75, 3.05) is 0 Å². The van der Waals surface area contributed by atoms with Gasteiger partial charge in [-0.05, 0) is 50.8 Å². The highest BCUT2D eigenvalue weighted by Crippen LogP contribution is 2.22. The second kappa shape index (κ2) is 4.97. The van der Waals surface area contributed by atoms with Crippen LogP contribution in [0.2, 0.25) is 0 Å². The average molecular weight is 164 g/mol. The lowest BCUT2D eigenvalue weighted by Crippen LogP contribution is -1.91. The Bertz CT molecular complexity index is 222. The van der Waals surface area contributed by atoms with Crippen molar-refractivity contribution < 1.29 is 0 Å². The Morgan fingerprint density at radius 3 is 2.00 bits per heavy atom. The minimum atomic E-state index is 1.03. The Hall–Kier alpha value is -0.780. The third-order valence-corrected chi connectivity index (χ3v) is 2.25. The first-order valence-corrected chi connectivity index (χ1v) is 4.53. The van der Waals surface area contributed by atoms with Crippen molar-refractivity contribution in [3.63, 3.8) is 0 Å². The molecule has 0 aliphatic rings. The molecule has 0 heteroatoms. The molecule has 0 amide bonds. The molecule has 0 aromatic heterocycles. The summed E-state index contributed by atoms with van der Waals surface area (Å²) in [6.45, 7) is 14.7. The van der Waals surface area contributed by atoms with Crippen LogP contribution in [0.1, 0.15) is 41.0 Å². The molecule has 0 spiro atoms. The molecule has 0 fully saturated rings. The smallest absolute Gasteiger partial charge is 0.0245 e. The molecule has 0 aliphatic carbocycles. The van der Waals surface area contributed by atoms with E-state index in [-0.39, 0.29) is 0 Å². The molecule has 0 N–H and O–H groups in total. The highest BCUT2D eigenvalue weighted by Gasteiger charge is 2.02. The van der Waals surface area contributed by atoms with Crippen LogP contribution in [0.15, 0.2) is 34.9 Å². The number of hydrogen-bond acceptors (Lipinski definition) is 0. The van der Waals surface area contributed by atoms with Gasteiger partial charge < -0.3 is 0 Å². The molecule has 0 aromatic rings. The van der Waals surface area contributed by atoms with Gasteiger partial charge in [0, 0.05) is 0 Å². The summed E-state index contributed by atoms with van der Waals surface area (Å²) in [5, 5.41) is 0. The predicted octanol–water partition coefficient (Wildman–Crippen LogP) is 4.26. The molecule has 0 saturated heterocycles. The highest BCUT2D eigenvalue weighted by molar-refractivity contribution is 5.45. The summed E-state index contributed by atoms with van der Waals surface area (Å²) < 4.78 is 0. The topological polar surface area (TPSA) is 0 Å². The minimum Gasteiger partial charge on any atom is -0.0952 e. The summed E-state index contributed by atoms with van der Waals surface area (Å²) >= 11 is 0. The monoisotopic (exact) mass is 164 g/mol. The molecule has 0 atom stereocenters. The van der Waals surface area contributed by atoms with Gasteiger partial charge in [0.1, 0.15) is 0 Å². The van der Waals surface area contributed by atoms with Crippen LogP contribution in [0.4, 0.5) is 0 Å². The predicted molar refractivity (Wildman–Crippen MR) is 57.2 cm³/mol. The van der Waals surface area contributed by atoms with E-state index in [1.807, 2.05) is 0 Å². The van der Waals surface area contributed by atoms with E-state index in [2.05, 4.69) is 47.3 Å². The van der Waals surface area contributed by atoms with E-state index in [4.69, 9.17) is 0 Å². The van der Waals surface area contributed by atoms with Crippen LogP contribution in [0, 0.1) is 0 Å². The fourth-order valence-electron chi connectivity index (χ4n) is 1.15. The Morgan fingerprint density at radius 2 is 1.75 bits per heavy atom. The first-order chi connectivity index (χ1) is 5.54. The Morgan fingerprint density at radius 1 is 1.25 bits per heavy atom. The van der Waals surface area contributed by atoms with Gasteiger partial charge in [-0.1, -0.05) is 25.2 Å². The molecular weight excluding hydrogens is 144 g/mol. The second-order valence-electron chi connectivity index (χ2n) is 3.28. The van der Waals surface area contributed by atoms with E-state index < -0.39 is 0 Å². The van der Waals surface area contributed by atoms with Gasteiger partial charge in [-0.25, -0.2) is 0 Å². The van der Waals surface area contributed by atoms with Gasteiger partial charge in [0.05, 0.1) is 0 Å². The third kappa shape index (κ3) is 2.69. The summed E-state index contributed by atoms with van der Waals surface area (Å²) in [5.41, 5.74) is 5.29. The summed E-state index contributed by atoms with van der Waals surface area (Å²) in [4.78, 5) is 0. The Balaban J connectivity index is 4.85. The van der Waals surface area contributed by atoms with E-state index in [0.29, 0.717) is 0 Å². The van der Waals surface area contributed by atoms with Crippen molar-refractivity contribution in [2.24, 2.45) is 0 Å². The van der Waals surface area contributed by atoms with Gasteiger partial charge in [0.15, 0.2) is 0 Å². The maximum Gasteiger partial charge on any atom is -0.0245 e. The zero-order valence-electron chi connectivity index (χ0n) is 8.99. The molecule has 0 heterocycles. The van der Waals surface area contributed by atoms with Gasteiger partial charge in [0.25, 0.3) is 0 Å². The summed E-state index contributed by atoms with van der Waals surface area (Å²) in [6, 6.07) is 0. The molecule has 68 valence electrons. The van der Waals surface area contributed by atoms with Crippen molar-refractivity contribution >= 4 is 0 Å². The lowest BCUT2D eigenvalue weighted by Gasteiger charge is -2.10. The van der Waals surface area contributed by atoms with E-state index in [1.165, 1.54) is 22.3 Å². The summed E-state index contributed by atoms with van der Waals surface area (Å²) in [6.07, 6.45) is 3.18. The summed E-state index contributed by atoms with van der Waals surface area (Å²) in [5.74, 6) is 0. The molecule has 0 nitrogen and oxygen atoms in total. The molecule has 0 rings (SSSR count). The molecule has 0 radical (unpaired) electrons. The van der Waals surface area contributed by atoms with Crippen LogP contribution in [0.3, 0.4) is 0 Å². The largest absolute Gasteiger partial charge is 0.0952 e.